The van der Waals surface area contributed by atoms with Crippen LogP contribution in [-0.2, 0) is 16.0 Å². The minimum absolute atomic E-state index is 0.147. The van der Waals surface area contributed by atoms with E-state index < -0.39 is 5.60 Å². The van der Waals surface area contributed by atoms with Crippen molar-refractivity contribution in [3.05, 3.63) is 23.9 Å². The number of pyridine rings is 1. The zero-order valence-electron chi connectivity index (χ0n) is 11.5. The lowest BCUT2D eigenvalue weighted by atomic mass is 9.79. The Bertz CT molecular complexity index is 434. The third-order valence-corrected chi connectivity index (χ3v) is 3.87. The van der Waals surface area contributed by atoms with Crippen molar-refractivity contribution >= 4 is 11.6 Å². The first kappa shape index (κ1) is 14.0. The summed E-state index contributed by atoms with van der Waals surface area (Å²) in [6.07, 6.45) is 6.95. The number of aromatic nitrogens is 1. The molecule has 0 spiro atoms. The van der Waals surface area contributed by atoms with Crippen LogP contribution in [0, 0.1) is 0 Å². The highest BCUT2D eigenvalue weighted by Gasteiger charge is 2.39. The van der Waals surface area contributed by atoms with Crippen LogP contribution in [0.25, 0.3) is 0 Å². The molecule has 0 radical (unpaired) electrons. The SMILES string of the molecule is CCOC1(C(=O)Cc2cccnc2N)CCCCC1. The smallest absolute Gasteiger partial charge is 0.169 e. The highest BCUT2D eigenvalue weighted by Crippen LogP contribution is 2.33. The van der Waals surface area contributed by atoms with Crippen molar-refractivity contribution in [1.82, 2.24) is 4.98 Å². The molecule has 0 saturated heterocycles. The van der Waals surface area contributed by atoms with E-state index >= 15 is 0 Å². The van der Waals surface area contributed by atoms with Crippen LogP contribution < -0.4 is 5.73 Å². The Morgan fingerprint density at radius 1 is 1.42 bits per heavy atom. The van der Waals surface area contributed by atoms with E-state index in [1.54, 1.807) is 6.20 Å². The number of nitrogen functional groups attached to an aromatic ring is 1. The number of ether oxygens (including phenoxy) is 1. The van der Waals surface area contributed by atoms with Crippen LogP contribution in [-0.4, -0.2) is 23.0 Å². The van der Waals surface area contributed by atoms with Crippen LogP contribution in [0.4, 0.5) is 5.82 Å². The Morgan fingerprint density at radius 2 is 2.16 bits per heavy atom. The van der Waals surface area contributed by atoms with Crippen LogP contribution in [0.3, 0.4) is 0 Å². The predicted octanol–water partition coefficient (Wildman–Crippen LogP) is 2.51. The van der Waals surface area contributed by atoms with E-state index in [0.29, 0.717) is 18.8 Å². The number of hydrogen-bond acceptors (Lipinski definition) is 4. The fourth-order valence-electron chi connectivity index (χ4n) is 2.84. The summed E-state index contributed by atoms with van der Waals surface area (Å²) in [6.45, 7) is 2.52. The van der Waals surface area contributed by atoms with Crippen LogP contribution in [0.5, 0.6) is 0 Å². The van der Waals surface area contributed by atoms with E-state index in [4.69, 9.17) is 10.5 Å². The maximum Gasteiger partial charge on any atom is 0.169 e. The normalized spacial score (nSPS) is 18.2. The minimum Gasteiger partial charge on any atom is -0.383 e. The van der Waals surface area contributed by atoms with E-state index in [2.05, 4.69) is 4.98 Å². The molecule has 2 N–H and O–H groups in total. The highest BCUT2D eigenvalue weighted by atomic mass is 16.5. The van der Waals surface area contributed by atoms with E-state index in [1.807, 2.05) is 19.1 Å². The zero-order chi connectivity index (χ0) is 13.7. The number of ketones is 1. The number of nitrogens with zero attached hydrogens (tertiary/aromatic N) is 1. The molecule has 4 nitrogen and oxygen atoms in total. The first-order valence-corrected chi connectivity index (χ1v) is 7.04. The van der Waals surface area contributed by atoms with E-state index in [1.165, 1.54) is 6.42 Å². The van der Waals surface area contributed by atoms with Gasteiger partial charge < -0.3 is 10.5 Å². The molecule has 4 heteroatoms. The van der Waals surface area contributed by atoms with Crippen molar-refractivity contribution in [1.29, 1.82) is 0 Å². The summed E-state index contributed by atoms with van der Waals surface area (Å²) in [4.78, 5) is 16.7. The van der Waals surface area contributed by atoms with Gasteiger partial charge in [-0.1, -0.05) is 25.3 Å². The van der Waals surface area contributed by atoms with Gasteiger partial charge in [0.2, 0.25) is 0 Å². The number of Topliss-reactive ketones (excluding diaryl/α,β-unsaturated/α-hetero) is 1. The Morgan fingerprint density at radius 3 is 2.79 bits per heavy atom. The second kappa shape index (κ2) is 6.15. The summed E-state index contributed by atoms with van der Waals surface area (Å²) >= 11 is 0. The van der Waals surface area contributed by atoms with E-state index in [0.717, 1.165) is 31.2 Å². The third kappa shape index (κ3) is 3.13. The summed E-state index contributed by atoms with van der Waals surface area (Å²) in [7, 11) is 0. The molecule has 104 valence electrons. The Balaban J connectivity index is 2.14. The summed E-state index contributed by atoms with van der Waals surface area (Å²) in [6, 6.07) is 3.68. The molecule has 0 amide bonds. The van der Waals surface area contributed by atoms with Crippen molar-refractivity contribution in [2.45, 2.75) is 51.0 Å². The molecule has 19 heavy (non-hydrogen) atoms. The number of carbonyl (C=O) groups is 1. The number of carbonyl (C=O) groups excluding carboxylic acids is 1. The minimum atomic E-state index is -0.588. The molecule has 1 heterocycles. The summed E-state index contributed by atoms with van der Waals surface area (Å²) in [5.41, 5.74) is 6.03. The lowest BCUT2D eigenvalue weighted by Gasteiger charge is -2.35. The molecule has 1 aliphatic carbocycles. The topological polar surface area (TPSA) is 65.2 Å². The molecule has 0 aliphatic heterocycles. The van der Waals surface area contributed by atoms with Gasteiger partial charge in [0.1, 0.15) is 11.4 Å². The van der Waals surface area contributed by atoms with Gasteiger partial charge in [0.25, 0.3) is 0 Å². The van der Waals surface area contributed by atoms with Gasteiger partial charge in [0, 0.05) is 24.8 Å². The van der Waals surface area contributed by atoms with Gasteiger partial charge in [-0.25, -0.2) is 4.98 Å². The number of rotatable bonds is 5. The lowest BCUT2D eigenvalue weighted by Crippen LogP contribution is -2.44. The monoisotopic (exact) mass is 262 g/mol. The molecule has 1 aromatic heterocycles. The molecule has 0 atom stereocenters. The quantitative estimate of drug-likeness (QED) is 0.885. The molecule has 1 fully saturated rings. The molecular formula is C15H22N2O2. The number of hydrogen-bond donors (Lipinski definition) is 1. The Kier molecular flexibility index (Phi) is 4.53. The van der Waals surface area contributed by atoms with E-state index in [9.17, 15) is 4.79 Å². The van der Waals surface area contributed by atoms with Gasteiger partial charge in [-0.05, 0) is 25.8 Å². The summed E-state index contributed by atoms with van der Waals surface area (Å²) < 4.78 is 5.83. The average Bonchev–Trinajstić information content (AvgIpc) is 2.42. The molecule has 1 aliphatic rings. The van der Waals surface area contributed by atoms with Gasteiger partial charge in [-0.15, -0.1) is 0 Å². The fourth-order valence-corrected chi connectivity index (χ4v) is 2.84. The second-order valence-corrected chi connectivity index (χ2v) is 5.14. The maximum atomic E-state index is 12.6. The first-order valence-electron chi connectivity index (χ1n) is 7.04. The van der Waals surface area contributed by atoms with Crippen LogP contribution >= 0.6 is 0 Å². The van der Waals surface area contributed by atoms with E-state index in [-0.39, 0.29) is 5.78 Å². The first-order chi connectivity index (χ1) is 9.18. The van der Waals surface area contributed by atoms with Gasteiger partial charge in [-0.2, -0.15) is 0 Å². The fraction of sp³-hybridized carbons (Fsp3) is 0.600. The van der Waals surface area contributed by atoms with Gasteiger partial charge in [0.05, 0.1) is 0 Å². The summed E-state index contributed by atoms with van der Waals surface area (Å²) in [5.74, 6) is 0.590. The molecule has 2 rings (SSSR count). The van der Waals surface area contributed by atoms with Crippen molar-refractivity contribution < 1.29 is 9.53 Å². The highest BCUT2D eigenvalue weighted by molar-refractivity contribution is 5.90. The maximum absolute atomic E-state index is 12.6. The largest absolute Gasteiger partial charge is 0.383 e. The predicted molar refractivity (Wildman–Crippen MR) is 74.8 cm³/mol. The zero-order valence-corrected chi connectivity index (χ0v) is 11.5. The van der Waals surface area contributed by atoms with Gasteiger partial charge in [-0.3, -0.25) is 4.79 Å². The molecule has 0 aromatic carbocycles. The molecule has 0 bridgehead atoms. The van der Waals surface area contributed by atoms with Crippen LogP contribution in [0.15, 0.2) is 18.3 Å². The third-order valence-electron chi connectivity index (χ3n) is 3.87. The summed E-state index contributed by atoms with van der Waals surface area (Å²) in [5, 5.41) is 0. The average molecular weight is 262 g/mol. The molecule has 0 unspecified atom stereocenters. The Hall–Kier alpha value is -1.42. The standard InChI is InChI=1S/C15H22N2O2/c1-2-19-15(8-4-3-5-9-15)13(18)11-12-7-6-10-17-14(12)16/h6-7,10H,2-5,8-9,11H2,1H3,(H2,16,17). The van der Waals surface area contributed by atoms with Gasteiger partial charge >= 0.3 is 0 Å². The number of nitrogens with two attached hydrogens (primary N) is 1. The van der Waals surface area contributed by atoms with Crippen LogP contribution in [0.1, 0.15) is 44.6 Å². The lowest BCUT2D eigenvalue weighted by molar-refractivity contribution is -0.148. The van der Waals surface area contributed by atoms with Crippen molar-refractivity contribution in [3.8, 4) is 0 Å². The van der Waals surface area contributed by atoms with Crippen molar-refractivity contribution in [2.24, 2.45) is 0 Å². The van der Waals surface area contributed by atoms with Crippen molar-refractivity contribution in [2.75, 3.05) is 12.3 Å². The molecule has 1 aromatic rings. The molecule has 1 saturated carbocycles. The number of anilines is 1. The van der Waals surface area contributed by atoms with Crippen molar-refractivity contribution in [3.63, 3.8) is 0 Å². The Labute approximate surface area is 114 Å². The second-order valence-electron chi connectivity index (χ2n) is 5.14. The van der Waals surface area contributed by atoms with Gasteiger partial charge in [0.15, 0.2) is 5.78 Å². The van der Waals surface area contributed by atoms with Crippen LogP contribution in [0.2, 0.25) is 0 Å². The molecular weight excluding hydrogens is 240 g/mol.